The smallest absolute Gasteiger partial charge is 0.312 e. The van der Waals surface area contributed by atoms with E-state index in [4.69, 9.17) is 4.74 Å². The number of carbonyl (C=O) groups is 3. The van der Waals surface area contributed by atoms with Gasteiger partial charge in [0.1, 0.15) is 0 Å². The van der Waals surface area contributed by atoms with Crippen molar-refractivity contribution in [1.29, 1.82) is 0 Å². The number of thiazole rings is 1. The molecule has 0 saturated carbocycles. The fraction of sp³-hybridized carbons (Fsp3) is 0.280. The Bertz CT molecular complexity index is 1120. The molecule has 0 spiro atoms. The topological polar surface area (TPSA) is 76.6 Å². The van der Waals surface area contributed by atoms with Gasteiger partial charge in [-0.05, 0) is 13.3 Å². The first-order valence-corrected chi connectivity index (χ1v) is 11.5. The van der Waals surface area contributed by atoms with E-state index in [1.165, 1.54) is 16.2 Å². The van der Waals surface area contributed by atoms with Crippen LogP contribution in [0.25, 0.3) is 11.3 Å². The SMILES string of the molecule is CCC(OC(=O)C1CC(=O)N(c2nc(-c3ccc(C)cc3)cs2)C1)C(=O)c1ccccc1. The maximum absolute atomic E-state index is 12.8. The Balaban J connectivity index is 1.42. The predicted octanol–water partition coefficient (Wildman–Crippen LogP) is 4.68. The molecule has 0 N–H and O–H groups in total. The summed E-state index contributed by atoms with van der Waals surface area (Å²) >= 11 is 1.37. The van der Waals surface area contributed by atoms with Crippen LogP contribution >= 0.6 is 11.3 Å². The first kappa shape index (κ1) is 21.9. The zero-order valence-corrected chi connectivity index (χ0v) is 18.8. The number of esters is 1. The number of ketones is 1. The lowest BCUT2D eigenvalue weighted by atomic mass is 10.0. The molecule has 1 fully saturated rings. The van der Waals surface area contributed by atoms with E-state index in [9.17, 15) is 14.4 Å². The number of Topliss-reactive ketones (excluding diaryl/α,β-unsaturated/α-hetero) is 1. The number of aryl methyl sites for hydroxylation is 1. The van der Waals surface area contributed by atoms with Gasteiger partial charge in [0.2, 0.25) is 11.7 Å². The molecule has 0 bridgehead atoms. The Labute approximate surface area is 190 Å². The van der Waals surface area contributed by atoms with E-state index in [0.717, 1.165) is 16.8 Å². The summed E-state index contributed by atoms with van der Waals surface area (Å²) in [5, 5.41) is 2.47. The van der Waals surface area contributed by atoms with Crippen molar-refractivity contribution in [3.8, 4) is 11.3 Å². The third kappa shape index (κ3) is 4.62. The fourth-order valence-electron chi connectivity index (χ4n) is 3.64. The molecule has 2 heterocycles. The molecule has 3 aromatic rings. The number of rotatable bonds is 7. The number of benzene rings is 2. The normalized spacial score (nSPS) is 16.8. The highest BCUT2D eigenvalue weighted by molar-refractivity contribution is 7.14. The van der Waals surface area contributed by atoms with Gasteiger partial charge in [-0.3, -0.25) is 19.3 Å². The van der Waals surface area contributed by atoms with E-state index < -0.39 is 18.0 Å². The average Bonchev–Trinajstić information content (AvgIpc) is 3.45. The largest absolute Gasteiger partial charge is 0.454 e. The van der Waals surface area contributed by atoms with Crippen molar-refractivity contribution in [3.05, 3.63) is 71.1 Å². The molecule has 2 unspecified atom stereocenters. The quantitative estimate of drug-likeness (QED) is 0.388. The molecule has 1 aliphatic rings. The summed E-state index contributed by atoms with van der Waals surface area (Å²) in [6.07, 6.45) is -0.438. The second kappa shape index (κ2) is 9.44. The van der Waals surface area contributed by atoms with Crippen molar-refractivity contribution < 1.29 is 19.1 Å². The summed E-state index contributed by atoms with van der Waals surface area (Å²) in [6.45, 7) is 4.02. The summed E-state index contributed by atoms with van der Waals surface area (Å²) in [6, 6.07) is 16.8. The van der Waals surface area contributed by atoms with Crippen molar-refractivity contribution in [2.45, 2.75) is 32.8 Å². The van der Waals surface area contributed by atoms with E-state index in [1.807, 2.05) is 42.6 Å². The lowest BCUT2D eigenvalue weighted by molar-refractivity contribution is -0.151. The number of anilines is 1. The van der Waals surface area contributed by atoms with Crippen LogP contribution in [0.15, 0.2) is 60.0 Å². The molecular formula is C25H24N2O4S. The highest BCUT2D eigenvalue weighted by atomic mass is 32.1. The summed E-state index contributed by atoms with van der Waals surface area (Å²) in [4.78, 5) is 44.2. The van der Waals surface area contributed by atoms with Crippen LogP contribution in [0.2, 0.25) is 0 Å². The van der Waals surface area contributed by atoms with Crippen molar-refractivity contribution in [3.63, 3.8) is 0 Å². The zero-order valence-electron chi connectivity index (χ0n) is 18.0. The number of aromatic nitrogens is 1. The number of hydrogen-bond donors (Lipinski definition) is 0. The fourth-order valence-corrected chi connectivity index (χ4v) is 4.50. The van der Waals surface area contributed by atoms with Crippen molar-refractivity contribution in [2.24, 2.45) is 5.92 Å². The van der Waals surface area contributed by atoms with E-state index in [1.54, 1.807) is 31.2 Å². The third-order valence-corrected chi connectivity index (χ3v) is 6.37. The molecule has 1 saturated heterocycles. The number of amides is 1. The highest BCUT2D eigenvalue weighted by Crippen LogP contribution is 2.32. The van der Waals surface area contributed by atoms with E-state index in [-0.39, 0.29) is 24.7 Å². The number of hydrogen-bond acceptors (Lipinski definition) is 6. The van der Waals surface area contributed by atoms with Crippen molar-refractivity contribution in [1.82, 2.24) is 4.98 Å². The van der Waals surface area contributed by atoms with Gasteiger partial charge in [-0.25, -0.2) is 4.98 Å². The van der Waals surface area contributed by atoms with Gasteiger partial charge in [0.25, 0.3) is 0 Å². The molecule has 2 atom stereocenters. The van der Waals surface area contributed by atoms with Gasteiger partial charge >= 0.3 is 5.97 Å². The Kier molecular flexibility index (Phi) is 6.46. The molecule has 7 heteroatoms. The van der Waals surface area contributed by atoms with Gasteiger partial charge in [0.15, 0.2) is 11.2 Å². The van der Waals surface area contributed by atoms with Crippen LogP contribution in [-0.4, -0.2) is 35.3 Å². The maximum Gasteiger partial charge on any atom is 0.312 e. The van der Waals surface area contributed by atoms with Gasteiger partial charge < -0.3 is 4.74 Å². The molecule has 1 amide bonds. The van der Waals surface area contributed by atoms with Crippen LogP contribution in [-0.2, 0) is 14.3 Å². The molecule has 1 aliphatic heterocycles. The van der Waals surface area contributed by atoms with Crippen molar-refractivity contribution >= 4 is 34.1 Å². The summed E-state index contributed by atoms with van der Waals surface area (Å²) in [7, 11) is 0. The Morgan fingerprint density at radius 1 is 1.16 bits per heavy atom. The van der Waals surface area contributed by atoms with Gasteiger partial charge in [-0.15, -0.1) is 11.3 Å². The molecule has 32 heavy (non-hydrogen) atoms. The third-order valence-electron chi connectivity index (χ3n) is 5.51. The van der Waals surface area contributed by atoms with Gasteiger partial charge in [-0.2, -0.15) is 0 Å². The molecule has 164 valence electrons. The average molecular weight is 449 g/mol. The minimum absolute atomic E-state index is 0.0498. The molecular weight excluding hydrogens is 424 g/mol. The van der Waals surface area contributed by atoms with E-state index in [2.05, 4.69) is 4.98 Å². The zero-order chi connectivity index (χ0) is 22.7. The predicted molar refractivity (Wildman–Crippen MR) is 124 cm³/mol. The Hall–Kier alpha value is -3.32. The maximum atomic E-state index is 12.8. The molecule has 0 radical (unpaired) electrons. The first-order chi connectivity index (χ1) is 15.5. The van der Waals surface area contributed by atoms with Crippen LogP contribution in [0.4, 0.5) is 5.13 Å². The van der Waals surface area contributed by atoms with Gasteiger partial charge in [0.05, 0.1) is 11.6 Å². The minimum Gasteiger partial charge on any atom is -0.454 e. The van der Waals surface area contributed by atoms with Gasteiger partial charge in [0, 0.05) is 29.5 Å². The van der Waals surface area contributed by atoms with Crippen LogP contribution in [0, 0.1) is 12.8 Å². The number of nitrogens with zero attached hydrogens (tertiary/aromatic N) is 2. The second-order valence-electron chi connectivity index (χ2n) is 7.85. The van der Waals surface area contributed by atoms with Gasteiger partial charge in [-0.1, -0.05) is 67.1 Å². The van der Waals surface area contributed by atoms with Crippen LogP contribution in [0.3, 0.4) is 0 Å². The molecule has 1 aromatic heterocycles. The van der Waals surface area contributed by atoms with Crippen LogP contribution in [0.1, 0.15) is 35.7 Å². The highest BCUT2D eigenvalue weighted by Gasteiger charge is 2.39. The molecule has 6 nitrogen and oxygen atoms in total. The number of carbonyl (C=O) groups excluding carboxylic acids is 3. The minimum atomic E-state index is -0.859. The Morgan fingerprint density at radius 3 is 2.56 bits per heavy atom. The van der Waals surface area contributed by atoms with Crippen LogP contribution in [0.5, 0.6) is 0 Å². The van der Waals surface area contributed by atoms with E-state index >= 15 is 0 Å². The number of ether oxygens (including phenoxy) is 1. The van der Waals surface area contributed by atoms with Crippen LogP contribution < -0.4 is 4.90 Å². The second-order valence-corrected chi connectivity index (χ2v) is 8.69. The summed E-state index contributed by atoms with van der Waals surface area (Å²) in [5.74, 6) is -1.54. The molecule has 2 aromatic carbocycles. The lowest BCUT2D eigenvalue weighted by Crippen LogP contribution is -2.31. The lowest BCUT2D eigenvalue weighted by Gasteiger charge is -2.18. The van der Waals surface area contributed by atoms with E-state index in [0.29, 0.717) is 17.1 Å². The summed E-state index contributed by atoms with van der Waals surface area (Å²) in [5.41, 5.74) is 3.44. The Morgan fingerprint density at radius 2 is 1.88 bits per heavy atom. The van der Waals surface area contributed by atoms with Crippen molar-refractivity contribution in [2.75, 3.05) is 11.4 Å². The summed E-state index contributed by atoms with van der Waals surface area (Å²) < 4.78 is 5.53. The monoisotopic (exact) mass is 448 g/mol. The molecule has 0 aliphatic carbocycles. The molecule has 4 rings (SSSR count). The first-order valence-electron chi connectivity index (χ1n) is 10.6. The standard InChI is InChI=1S/C25H24N2O4S/c1-3-21(23(29)18-7-5-4-6-8-18)31-24(30)19-13-22(28)27(14-19)25-26-20(15-32-25)17-11-9-16(2)10-12-17/h4-12,15,19,21H,3,13-14H2,1-2H3.